The van der Waals surface area contributed by atoms with Crippen LogP contribution in [-0.2, 0) is 5.41 Å². The van der Waals surface area contributed by atoms with Crippen LogP contribution in [0.3, 0.4) is 0 Å². The molecule has 0 unspecified atom stereocenters. The van der Waals surface area contributed by atoms with Crippen LogP contribution in [0.5, 0.6) is 0 Å². The minimum absolute atomic E-state index is 0.00501. The lowest BCUT2D eigenvalue weighted by molar-refractivity contribution is 0.590. The van der Waals surface area contributed by atoms with E-state index in [1.165, 1.54) is 5.56 Å². The van der Waals surface area contributed by atoms with Crippen molar-refractivity contribution in [1.29, 1.82) is 0 Å². The number of hydrazine groups is 1. The zero-order valence-electron chi connectivity index (χ0n) is 14.0. The van der Waals surface area contributed by atoms with Gasteiger partial charge in [-0.15, -0.1) is 5.10 Å². The van der Waals surface area contributed by atoms with Gasteiger partial charge in [-0.25, -0.2) is 10.8 Å². The van der Waals surface area contributed by atoms with Crippen molar-refractivity contribution in [2.75, 3.05) is 5.43 Å². The van der Waals surface area contributed by atoms with Crippen LogP contribution < -0.4 is 11.3 Å². The molecular formula is C18H20N6. The molecule has 0 fully saturated rings. The Balaban J connectivity index is 2.18. The van der Waals surface area contributed by atoms with E-state index in [9.17, 15) is 0 Å². The molecule has 0 bridgehead atoms. The highest BCUT2D eigenvalue weighted by Crippen LogP contribution is 2.32. The Morgan fingerprint density at radius 1 is 1.00 bits per heavy atom. The lowest BCUT2D eigenvalue weighted by Gasteiger charge is -2.21. The van der Waals surface area contributed by atoms with E-state index >= 15 is 0 Å². The third-order valence-electron chi connectivity index (χ3n) is 3.74. The predicted molar refractivity (Wildman–Crippen MR) is 95.0 cm³/mol. The second kappa shape index (κ2) is 6.33. The number of hydrogen-bond acceptors (Lipinski definition) is 6. The fourth-order valence-electron chi connectivity index (χ4n) is 2.39. The third-order valence-corrected chi connectivity index (χ3v) is 3.74. The van der Waals surface area contributed by atoms with Gasteiger partial charge in [0.2, 0.25) is 0 Å². The van der Waals surface area contributed by atoms with Gasteiger partial charge in [-0.1, -0.05) is 26.8 Å². The molecule has 0 amide bonds. The maximum Gasteiger partial charge on any atom is 0.257 e. The molecule has 3 aromatic rings. The maximum atomic E-state index is 5.39. The zero-order chi connectivity index (χ0) is 17.2. The summed E-state index contributed by atoms with van der Waals surface area (Å²) in [6, 6.07) is 12.2. The molecule has 0 saturated heterocycles. The number of aromatic nitrogens is 4. The van der Waals surface area contributed by atoms with E-state index in [-0.39, 0.29) is 11.4 Å². The second-order valence-corrected chi connectivity index (χ2v) is 6.57. The molecule has 0 spiro atoms. The quantitative estimate of drug-likeness (QED) is 0.569. The van der Waals surface area contributed by atoms with Crippen LogP contribution in [0.25, 0.3) is 22.5 Å². The maximum absolute atomic E-state index is 5.39. The Hall–Kier alpha value is -2.86. The van der Waals surface area contributed by atoms with Gasteiger partial charge < -0.3 is 0 Å². The number of anilines is 1. The Morgan fingerprint density at radius 2 is 1.75 bits per heavy atom. The first kappa shape index (κ1) is 16.0. The summed E-state index contributed by atoms with van der Waals surface area (Å²) in [6.45, 7) is 6.54. The lowest BCUT2D eigenvalue weighted by atomic mass is 9.84. The molecule has 6 nitrogen and oxygen atoms in total. The van der Waals surface area contributed by atoms with Gasteiger partial charge in [-0.2, -0.15) is 5.10 Å². The van der Waals surface area contributed by atoms with Crippen molar-refractivity contribution in [3.8, 4) is 22.5 Å². The molecule has 2 heterocycles. The van der Waals surface area contributed by atoms with E-state index in [2.05, 4.69) is 64.6 Å². The van der Waals surface area contributed by atoms with Gasteiger partial charge in [0.1, 0.15) is 0 Å². The van der Waals surface area contributed by atoms with Gasteiger partial charge in [0, 0.05) is 17.3 Å². The molecule has 0 atom stereocenters. The summed E-state index contributed by atoms with van der Waals surface area (Å²) in [5.41, 5.74) is 7.25. The lowest BCUT2D eigenvalue weighted by Crippen LogP contribution is -2.12. The summed E-state index contributed by atoms with van der Waals surface area (Å²) < 4.78 is 0. The molecule has 0 saturated carbocycles. The first-order valence-corrected chi connectivity index (χ1v) is 7.71. The third kappa shape index (κ3) is 3.38. The summed E-state index contributed by atoms with van der Waals surface area (Å²) >= 11 is 0. The van der Waals surface area contributed by atoms with Crippen LogP contribution in [-0.4, -0.2) is 20.2 Å². The first-order valence-electron chi connectivity index (χ1n) is 7.71. The molecule has 0 aliphatic carbocycles. The van der Waals surface area contributed by atoms with E-state index in [4.69, 9.17) is 5.84 Å². The van der Waals surface area contributed by atoms with Gasteiger partial charge in [-0.3, -0.25) is 10.4 Å². The van der Waals surface area contributed by atoms with Gasteiger partial charge in [0.05, 0.1) is 17.6 Å². The van der Waals surface area contributed by atoms with Crippen LogP contribution >= 0.6 is 0 Å². The van der Waals surface area contributed by atoms with Crippen molar-refractivity contribution in [1.82, 2.24) is 20.2 Å². The zero-order valence-corrected chi connectivity index (χ0v) is 14.0. The van der Waals surface area contributed by atoms with Crippen LogP contribution in [0.2, 0.25) is 0 Å². The molecule has 0 radical (unpaired) electrons. The topological polar surface area (TPSA) is 89.6 Å². The summed E-state index contributed by atoms with van der Waals surface area (Å²) in [6.07, 6.45) is 3.42. The molecule has 3 N–H and O–H groups in total. The van der Waals surface area contributed by atoms with Crippen molar-refractivity contribution in [2.24, 2.45) is 5.84 Å². The Labute approximate surface area is 141 Å². The molecule has 2 aromatic heterocycles. The van der Waals surface area contributed by atoms with Crippen molar-refractivity contribution in [3.63, 3.8) is 0 Å². The number of nitrogen functional groups attached to an aromatic ring is 1. The summed E-state index contributed by atoms with van der Waals surface area (Å²) in [7, 11) is 0. The van der Waals surface area contributed by atoms with Crippen LogP contribution in [0.1, 0.15) is 26.3 Å². The number of hydrogen-bond donors (Lipinski definition) is 2. The van der Waals surface area contributed by atoms with Crippen LogP contribution in [0.4, 0.5) is 5.95 Å². The SMILES string of the molecule is CC(C)(C)c1cc(-c2ccccn2)cc(-c2cnnc(NN)n2)c1. The van der Waals surface area contributed by atoms with Gasteiger partial charge in [0.25, 0.3) is 5.95 Å². The summed E-state index contributed by atoms with van der Waals surface area (Å²) in [4.78, 5) is 8.85. The number of pyridine rings is 1. The number of nitrogens with one attached hydrogen (secondary N) is 1. The fourth-order valence-corrected chi connectivity index (χ4v) is 2.39. The minimum Gasteiger partial charge on any atom is -0.291 e. The van der Waals surface area contributed by atoms with Crippen molar-refractivity contribution in [2.45, 2.75) is 26.2 Å². The van der Waals surface area contributed by atoms with Gasteiger partial charge in [0.15, 0.2) is 0 Å². The molecule has 1 aromatic carbocycles. The van der Waals surface area contributed by atoms with Crippen molar-refractivity contribution >= 4 is 5.95 Å². The highest BCUT2D eigenvalue weighted by Gasteiger charge is 2.17. The first-order chi connectivity index (χ1) is 11.5. The van der Waals surface area contributed by atoms with Crippen molar-refractivity contribution in [3.05, 3.63) is 54.4 Å². The molecule has 0 aliphatic rings. The van der Waals surface area contributed by atoms with E-state index in [0.29, 0.717) is 5.69 Å². The van der Waals surface area contributed by atoms with E-state index in [1.54, 1.807) is 12.4 Å². The normalized spacial score (nSPS) is 11.3. The molecule has 6 heteroatoms. The highest BCUT2D eigenvalue weighted by atomic mass is 15.3. The van der Waals surface area contributed by atoms with Crippen molar-refractivity contribution < 1.29 is 0 Å². The standard InChI is InChI=1S/C18H20N6/c1-18(2,3)14-9-12(15-6-4-5-7-20-15)8-13(10-14)16-11-21-24-17(22-16)23-19/h4-11H,19H2,1-3H3,(H,22,23,24). The molecule has 3 rings (SSSR count). The molecule has 0 aliphatic heterocycles. The number of rotatable bonds is 3. The second-order valence-electron chi connectivity index (χ2n) is 6.57. The fraction of sp³-hybridized carbons (Fsp3) is 0.222. The highest BCUT2D eigenvalue weighted by molar-refractivity contribution is 5.71. The largest absolute Gasteiger partial charge is 0.291 e. The van der Waals surface area contributed by atoms with Crippen LogP contribution in [0.15, 0.2) is 48.8 Å². The van der Waals surface area contributed by atoms with E-state index in [1.807, 2.05) is 18.2 Å². The van der Waals surface area contributed by atoms with E-state index < -0.39 is 0 Å². The summed E-state index contributed by atoms with van der Waals surface area (Å²) in [5, 5.41) is 7.78. The smallest absolute Gasteiger partial charge is 0.257 e. The predicted octanol–water partition coefficient (Wildman–Crippen LogP) is 3.18. The Bertz CT molecular complexity index is 840. The number of benzene rings is 1. The molecular weight excluding hydrogens is 300 g/mol. The van der Waals surface area contributed by atoms with Gasteiger partial charge in [-0.05, 0) is 41.3 Å². The average molecular weight is 320 g/mol. The molecule has 24 heavy (non-hydrogen) atoms. The van der Waals surface area contributed by atoms with E-state index in [0.717, 1.165) is 16.8 Å². The molecule has 122 valence electrons. The average Bonchev–Trinajstić information content (AvgIpc) is 2.61. The minimum atomic E-state index is -0.00501. The monoisotopic (exact) mass is 320 g/mol. The Kier molecular flexibility index (Phi) is 4.22. The van der Waals surface area contributed by atoms with Crippen LogP contribution in [0, 0.1) is 0 Å². The summed E-state index contributed by atoms with van der Waals surface area (Å²) in [5.74, 6) is 5.68. The number of nitrogens with zero attached hydrogens (tertiary/aromatic N) is 4. The van der Waals surface area contributed by atoms with Gasteiger partial charge >= 0.3 is 0 Å². The number of nitrogens with two attached hydrogens (primary N) is 1. The Morgan fingerprint density at radius 3 is 2.38 bits per heavy atom.